The fourth-order valence-electron chi connectivity index (χ4n) is 2.08. The molecule has 1 aromatic carbocycles. The Hall–Kier alpha value is -1.25. The molecule has 0 atom stereocenters. The molecule has 0 amide bonds. The van der Waals surface area contributed by atoms with E-state index in [1.54, 1.807) is 12.1 Å². The largest absolute Gasteiger partial charge is 0.370 e. The maximum absolute atomic E-state index is 11.3. The van der Waals surface area contributed by atoms with Crippen molar-refractivity contribution >= 4 is 27.7 Å². The Morgan fingerprint density at radius 1 is 1.38 bits per heavy atom. The van der Waals surface area contributed by atoms with Crippen molar-refractivity contribution < 1.29 is 8.42 Å². The van der Waals surface area contributed by atoms with Crippen molar-refractivity contribution in [1.82, 2.24) is 4.90 Å². The van der Waals surface area contributed by atoms with E-state index in [-0.39, 0.29) is 4.90 Å². The molecule has 0 unspecified atom stereocenters. The van der Waals surface area contributed by atoms with E-state index in [4.69, 9.17) is 10.9 Å². The number of primary sulfonamides is 1. The van der Waals surface area contributed by atoms with Gasteiger partial charge in [0.15, 0.2) is 5.96 Å². The van der Waals surface area contributed by atoms with Crippen molar-refractivity contribution in [2.45, 2.75) is 18.4 Å². The van der Waals surface area contributed by atoms with Crippen LogP contribution in [0.3, 0.4) is 0 Å². The molecule has 0 spiro atoms. The first kappa shape index (κ1) is 16.1. The summed E-state index contributed by atoms with van der Waals surface area (Å²) in [7, 11) is -3.66. The predicted molar refractivity (Wildman–Crippen MR) is 86.8 cm³/mol. The van der Waals surface area contributed by atoms with E-state index >= 15 is 0 Å². The highest BCUT2D eigenvalue weighted by Crippen LogP contribution is 2.15. The Bertz CT molecular complexity index is 638. The van der Waals surface area contributed by atoms with Crippen molar-refractivity contribution in [3.8, 4) is 0 Å². The highest BCUT2D eigenvalue weighted by molar-refractivity contribution is 7.99. The summed E-state index contributed by atoms with van der Waals surface area (Å²) in [6.07, 6.45) is 0. The van der Waals surface area contributed by atoms with Crippen LogP contribution >= 0.6 is 11.8 Å². The molecule has 116 valence electrons. The molecule has 1 aromatic rings. The van der Waals surface area contributed by atoms with Crippen LogP contribution in [-0.4, -0.2) is 43.9 Å². The van der Waals surface area contributed by atoms with Crippen LogP contribution in [0.15, 0.2) is 28.1 Å². The predicted octanol–water partition coefficient (Wildman–Crippen LogP) is 0.506. The molecule has 4 N–H and O–H groups in total. The summed E-state index contributed by atoms with van der Waals surface area (Å²) in [6, 6.07) is 4.80. The summed E-state index contributed by atoms with van der Waals surface area (Å²) in [5.74, 6) is 2.68. The van der Waals surface area contributed by atoms with Crippen LogP contribution in [0.25, 0.3) is 0 Å². The number of benzene rings is 1. The molecule has 0 bridgehead atoms. The number of thioether (sulfide) groups is 1. The highest BCUT2D eigenvalue weighted by atomic mass is 32.2. The SMILES string of the molecule is Cc1cc(S(N)(=O)=O)ccc1CN=C(N)N1CCSCC1. The summed E-state index contributed by atoms with van der Waals surface area (Å²) in [5.41, 5.74) is 7.78. The second-order valence-corrected chi connectivity index (χ2v) is 7.69. The third-order valence-electron chi connectivity index (χ3n) is 3.39. The van der Waals surface area contributed by atoms with Gasteiger partial charge in [0.05, 0.1) is 11.4 Å². The average Bonchev–Trinajstić information content (AvgIpc) is 2.45. The Balaban J connectivity index is 2.09. The molecule has 1 aliphatic heterocycles. The van der Waals surface area contributed by atoms with E-state index < -0.39 is 10.0 Å². The van der Waals surface area contributed by atoms with Gasteiger partial charge in [-0.1, -0.05) is 6.07 Å². The van der Waals surface area contributed by atoms with Gasteiger partial charge < -0.3 is 10.6 Å². The molecule has 21 heavy (non-hydrogen) atoms. The van der Waals surface area contributed by atoms with E-state index in [0.29, 0.717) is 12.5 Å². The first-order valence-electron chi connectivity index (χ1n) is 6.63. The number of aryl methyl sites for hydroxylation is 1. The van der Waals surface area contributed by atoms with Crippen molar-refractivity contribution in [2.24, 2.45) is 15.9 Å². The Morgan fingerprint density at radius 3 is 2.62 bits per heavy atom. The van der Waals surface area contributed by atoms with Gasteiger partial charge in [0.2, 0.25) is 10.0 Å². The minimum atomic E-state index is -3.66. The van der Waals surface area contributed by atoms with Crippen LogP contribution < -0.4 is 10.9 Å². The Labute approximate surface area is 129 Å². The molecule has 8 heteroatoms. The summed E-state index contributed by atoms with van der Waals surface area (Å²) < 4.78 is 22.6. The molecular weight excluding hydrogens is 308 g/mol. The third kappa shape index (κ3) is 4.36. The molecule has 1 heterocycles. The van der Waals surface area contributed by atoms with Gasteiger partial charge in [0.1, 0.15) is 0 Å². The van der Waals surface area contributed by atoms with E-state index in [1.807, 2.05) is 18.7 Å². The van der Waals surface area contributed by atoms with Crippen LogP contribution in [0, 0.1) is 6.92 Å². The zero-order valence-corrected chi connectivity index (χ0v) is 13.6. The van der Waals surface area contributed by atoms with Gasteiger partial charge in [-0.2, -0.15) is 11.8 Å². The zero-order chi connectivity index (χ0) is 15.5. The lowest BCUT2D eigenvalue weighted by Gasteiger charge is -2.27. The molecular formula is C13H20N4O2S2. The van der Waals surface area contributed by atoms with Gasteiger partial charge in [-0.05, 0) is 30.2 Å². The van der Waals surface area contributed by atoms with E-state index in [1.165, 1.54) is 6.07 Å². The molecule has 6 nitrogen and oxygen atoms in total. The van der Waals surface area contributed by atoms with Crippen LogP contribution in [0.4, 0.5) is 0 Å². The van der Waals surface area contributed by atoms with Gasteiger partial charge in [-0.15, -0.1) is 0 Å². The maximum Gasteiger partial charge on any atom is 0.238 e. The third-order valence-corrected chi connectivity index (χ3v) is 5.24. The van der Waals surface area contributed by atoms with Crippen molar-refractivity contribution in [2.75, 3.05) is 24.6 Å². The number of guanidine groups is 1. The Kier molecular flexibility index (Phi) is 5.13. The zero-order valence-electron chi connectivity index (χ0n) is 11.9. The van der Waals surface area contributed by atoms with E-state index in [2.05, 4.69) is 9.89 Å². The number of nitrogens with zero attached hydrogens (tertiary/aromatic N) is 2. The van der Waals surface area contributed by atoms with Gasteiger partial charge in [-0.25, -0.2) is 18.5 Å². The van der Waals surface area contributed by atoms with E-state index in [9.17, 15) is 8.42 Å². The molecule has 0 saturated carbocycles. The highest BCUT2D eigenvalue weighted by Gasteiger charge is 2.13. The summed E-state index contributed by atoms with van der Waals surface area (Å²) in [4.78, 5) is 6.59. The van der Waals surface area contributed by atoms with Crippen molar-refractivity contribution in [3.63, 3.8) is 0 Å². The topological polar surface area (TPSA) is 102 Å². The second kappa shape index (κ2) is 6.67. The normalized spacial score (nSPS) is 17.0. The van der Waals surface area contributed by atoms with Crippen LogP contribution in [0.5, 0.6) is 0 Å². The minimum absolute atomic E-state index is 0.119. The number of rotatable bonds is 3. The first-order chi connectivity index (χ1) is 9.88. The Morgan fingerprint density at radius 2 is 2.05 bits per heavy atom. The lowest BCUT2D eigenvalue weighted by atomic mass is 10.1. The number of sulfonamides is 1. The number of aliphatic imine (C=N–C) groups is 1. The standard InChI is InChI=1S/C13H20N4O2S2/c1-10-8-12(21(15,18)19)3-2-11(10)9-16-13(14)17-4-6-20-7-5-17/h2-3,8H,4-7,9H2,1H3,(H2,14,16)(H2,15,18,19). The maximum atomic E-state index is 11.3. The minimum Gasteiger partial charge on any atom is -0.370 e. The lowest BCUT2D eigenvalue weighted by Crippen LogP contribution is -2.42. The molecule has 1 saturated heterocycles. The van der Waals surface area contributed by atoms with Crippen molar-refractivity contribution in [1.29, 1.82) is 0 Å². The molecule has 1 fully saturated rings. The van der Waals surface area contributed by atoms with Gasteiger partial charge in [-0.3, -0.25) is 0 Å². The van der Waals surface area contributed by atoms with Gasteiger partial charge >= 0.3 is 0 Å². The summed E-state index contributed by atoms with van der Waals surface area (Å²) >= 11 is 1.92. The molecule has 0 aromatic heterocycles. The summed E-state index contributed by atoms with van der Waals surface area (Å²) in [6.45, 7) is 4.12. The quantitative estimate of drug-likeness (QED) is 0.621. The fourth-order valence-corrected chi connectivity index (χ4v) is 3.58. The fraction of sp³-hybridized carbons (Fsp3) is 0.462. The van der Waals surface area contributed by atoms with Crippen LogP contribution in [0.1, 0.15) is 11.1 Å². The number of hydrogen-bond donors (Lipinski definition) is 2. The average molecular weight is 328 g/mol. The van der Waals surface area contributed by atoms with Gasteiger partial charge in [0.25, 0.3) is 0 Å². The first-order valence-corrected chi connectivity index (χ1v) is 9.33. The van der Waals surface area contributed by atoms with E-state index in [0.717, 1.165) is 35.7 Å². The van der Waals surface area contributed by atoms with Gasteiger partial charge in [0, 0.05) is 24.6 Å². The molecule has 2 rings (SSSR count). The van der Waals surface area contributed by atoms with Crippen LogP contribution in [-0.2, 0) is 16.6 Å². The smallest absolute Gasteiger partial charge is 0.238 e. The lowest BCUT2D eigenvalue weighted by molar-refractivity contribution is 0.455. The molecule has 0 aliphatic carbocycles. The molecule has 0 radical (unpaired) electrons. The number of hydrogen-bond acceptors (Lipinski definition) is 4. The van der Waals surface area contributed by atoms with Crippen molar-refractivity contribution in [3.05, 3.63) is 29.3 Å². The summed E-state index contributed by atoms with van der Waals surface area (Å²) in [5, 5.41) is 5.11. The second-order valence-electron chi connectivity index (χ2n) is 4.91. The number of nitrogens with two attached hydrogens (primary N) is 2. The van der Waals surface area contributed by atoms with Crippen LogP contribution in [0.2, 0.25) is 0 Å². The molecule has 1 aliphatic rings. The monoisotopic (exact) mass is 328 g/mol.